The molecule has 1 aromatic carbocycles. The number of hydrogen-bond acceptors (Lipinski definition) is 5. The Bertz CT molecular complexity index is 688. The molecule has 142 valence electrons. The molecule has 2 amide bonds. The number of carbonyl (C=O) groups is 3. The fraction of sp³-hybridized carbons (Fsp3) is 0.500. The number of nitrogens with zero attached hydrogens (tertiary/aromatic N) is 1. The summed E-state index contributed by atoms with van der Waals surface area (Å²) < 4.78 is 10.7. The summed E-state index contributed by atoms with van der Waals surface area (Å²) in [4.78, 5) is 36.9. The van der Waals surface area contributed by atoms with E-state index in [1.54, 1.807) is 6.07 Å². The van der Waals surface area contributed by atoms with Crippen LogP contribution in [0.2, 0.25) is 0 Å². The number of carbonyl (C=O) groups excluding carboxylic acids is 2. The van der Waals surface area contributed by atoms with Crippen LogP contribution in [0.15, 0.2) is 18.2 Å². The number of nitrogens with one attached hydrogen (secondary N) is 1. The van der Waals surface area contributed by atoms with Gasteiger partial charge in [0.2, 0.25) is 0 Å². The van der Waals surface area contributed by atoms with Gasteiger partial charge in [0.25, 0.3) is 11.8 Å². The lowest BCUT2D eigenvalue weighted by molar-refractivity contribution is -0.141. The first-order valence-electron chi connectivity index (χ1n) is 8.47. The maximum atomic E-state index is 12.6. The normalized spacial score (nSPS) is 16.5. The van der Waals surface area contributed by atoms with Crippen LogP contribution in [0.4, 0.5) is 0 Å². The summed E-state index contributed by atoms with van der Waals surface area (Å²) in [6.07, 6.45) is 1.11. The first-order chi connectivity index (χ1) is 12.3. The number of amides is 2. The predicted octanol–water partition coefficient (Wildman–Crippen LogP) is 1.29. The van der Waals surface area contributed by atoms with E-state index in [2.05, 4.69) is 5.32 Å². The molecule has 0 aromatic heterocycles. The maximum absolute atomic E-state index is 12.6. The highest BCUT2D eigenvalue weighted by Gasteiger charge is 2.34. The lowest BCUT2D eigenvalue weighted by Gasteiger charge is -2.22. The molecule has 1 atom stereocenters. The van der Waals surface area contributed by atoms with Gasteiger partial charge in [0.05, 0.1) is 7.11 Å². The Labute approximate surface area is 152 Å². The molecular weight excluding hydrogens is 340 g/mol. The average Bonchev–Trinajstić information content (AvgIpc) is 3.08. The third kappa shape index (κ3) is 4.65. The van der Waals surface area contributed by atoms with Crippen LogP contribution < -0.4 is 14.8 Å². The molecule has 1 aliphatic heterocycles. The first kappa shape index (κ1) is 19.6. The summed E-state index contributed by atoms with van der Waals surface area (Å²) in [6.45, 7) is 3.93. The van der Waals surface area contributed by atoms with Gasteiger partial charge in [0, 0.05) is 18.2 Å². The molecular formula is C18H24N2O6. The van der Waals surface area contributed by atoms with Crippen molar-refractivity contribution in [2.24, 2.45) is 0 Å². The van der Waals surface area contributed by atoms with E-state index in [1.165, 1.54) is 24.1 Å². The third-order valence-electron chi connectivity index (χ3n) is 4.02. The standard InChI is InChI=1S/C18H24N2O6/c1-11(2)19-16(21)10-26-14-7-6-12(9-15(14)25-3)17(22)20-8-4-5-13(20)18(23)24/h6-7,9,11,13H,4-5,8,10H2,1-3H3,(H,19,21)(H,23,24)/t13-/m0/s1. The van der Waals surface area contributed by atoms with E-state index in [9.17, 15) is 19.5 Å². The molecule has 8 heteroatoms. The highest BCUT2D eigenvalue weighted by molar-refractivity contribution is 5.97. The highest BCUT2D eigenvalue weighted by atomic mass is 16.5. The van der Waals surface area contributed by atoms with Gasteiger partial charge in [-0.2, -0.15) is 0 Å². The van der Waals surface area contributed by atoms with Crippen molar-refractivity contribution < 1.29 is 29.0 Å². The number of carboxylic acids is 1. The molecule has 26 heavy (non-hydrogen) atoms. The van der Waals surface area contributed by atoms with Crippen molar-refractivity contribution in [1.82, 2.24) is 10.2 Å². The summed E-state index contributed by atoms with van der Waals surface area (Å²) in [5.41, 5.74) is 0.314. The van der Waals surface area contributed by atoms with Crippen molar-refractivity contribution in [1.29, 1.82) is 0 Å². The molecule has 0 saturated carbocycles. The summed E-state index contributed by atoms with van der Waals surface area (Å²) >= 11 is 0. The topological polar surface area (TPSA) is 105 Å². The van der Waals surface area contributed by atoms with Crippen molar-refractivity contribution in [2.45, 2.75) is 38.8 Å². The van der Waals surface area contributed by atoms with E-state index in [-0.39, 0.29) is 24.5 Å². The van der Waals surface area contributed by atoms with Gasteiger partial charge in [-0.25, -0.2) is 4.79 Å². The van der Waals surface area contributed by atoms with E-state index in [0.29, 0.717) is 36.4 Å². The van der Waals surface area contributed by atoms with Crippen LogP contribution in [0.25, 0.3) is 0 Å². The van der Waals surface area contributed by atoms with E-state index in [4.69, 9.17) is 9.47 Å². The Balaban J connectivity index is 2.11. The Hall–Kier alpha value is -2.77. The first-order valence-corrected chi connectivity index (χ1v) is 8.47. The lowest BCUT2D eigenvalue weighted by atomic mass is 10.1. The van der Waals surface area contributed by atoms with Crippen molar-refractivity contribution >= 4 is 17.8 Å². The third-order valence-corrected chi connectivity index (χ3v) is 4.02. The SMILES string of the molecule is COc1cc(C(=O)N2CCC[C@H]2C(=O)O)ccc1OCC(=O)NC(C)C. The van der Waals surface area contributed by atoms with Crippen molar-refractivity contribution in [2.75, 3.05) is 20.3 Å². The number of ether oxygens (including phenoxy) is 2. The van der Waals surface area contributed by atoms with Crippen LogP contribution >= 0.6 is 0 Å². The van der Waals surface area contributed by atoms with E-state index in [1.807, 2.05) is 13.8 Å². The van der Waals surface area contributed by atoms with Crippen LogP contribution in [-0.2, 0) is 9.59 Å². The highest BCUT2D eigenvalue weighted by Crippen LogP contribution is 2.30. The van der Waals surface area contributed by atoms with Gasteiger partial charge >= 0.3 is 5.97 Å². The minimum Gasteiger partial charge on any atom is -0.493 e. The molecule has 1 aliphatic rings. The number of benzene rings is 1. The number of carboxylic acid groups (broad SMARTS) is 1. The van der Waals surface area contributed by atoms with Gasteiger partial charge in [-0.15, -0.1) is 0 Å². The summed E-state index contributed by atoms with van der Waals surface area (Å²) in [6, 6.07) is 3.79. The zero-order valence-corrected chi connectivity index (χ0v) is 15.2. The van der Waals surface area contributed by atoms with Gasteiger partial charge in [0.1, 0.15) is 6.04 Å². The molecule has 0 radical (unpaired) electrons. The summed E-state index contributed by atoms with van der Waals surface area (Å²) in [7, 11) is 1.43. The molecule has 0 aliphatic carbocycles. The largest absolute Gasteiger partial charge is 0.493 e. The van der Waals surface area contributed by atoms with Crippen molar-refractivity contribution in [3.8, 4) is 11.5 Å². The molecule has 0 bridgehead atoms. The minimum atomic E-state index is -1.00. The number of rotatable bonds is 7. The molecule has 1 aromatic rings. The Morgan fingerprint density at radius 1 is 1.31 bits per heavy atom. The zero-order valence-electron chi connectivity index (χ0n) is 15.2. The van der Waals surface area contributed by atoms with Crippen LogP contribution in [0, 0.1) is 0 Å². The molecule has 1 fully saturated rings. The predicted molar refractivity (Wildman–Crippen MR) is 93.5 cm³/mol. The van der Waals surface area contributed by atoms with Crippen LogP contribution in [0.5, 0.6) is 11.5 Å². The number of likely N-dealkylation sites (tertiary alicyclic amines) is 1. The molecule has 2 rings (SSSR count). The van der Waals surface area contributed by atoms with Crippen LogP contribution in [-0.4, -0.2) is 60.1 Å². The van der Waals surface area contributed by atoms with Gasteiger partial charge < -0.3 is 24.8 Å². The summed E-state index contributed by atoms with van der Waals surface area (Å²) in [5.74, 6) is -0.988. The second-order valence-electron chi connectivity index (χ2n) is 6.37. The van der Waals surface area contributed by atoms with E-state index < -0.39 is 12.0 Å². The van der Waals surface area contributed by atoms with Gasteiger partial charge in [-0.3, -0.25) is 9.59 Å². The quantitative estimate of drug-likeness (QED) is 0.755. The maximum Gasteiger partial charge on any atom is 0.326 e. The van der Waals surface area contributed by atoms with Gasteiger partial charge in [-0.1, -0.05) is 0 Å². The Morgan fingerprint density at radius 2 is 2.04 bits per heavy atom. The van der Waals surface area contributed by atoms with Crippen LogP contribution in [0.1, 0.15) is 37.0 Å². The fourth-order valence-electron chi connectivity index (χ4n) is 2.86. The molecule has 8 nitrogen and oxygen atoms in total. The van der Waals surface area contributed by atoms with E-state index >= 15 is 0 Å². The molecule has 0 unspecified atom stereocenters. The van der Waals surface area contributed by atoms with Gasteiger partial charge in [-0.05, 0) is 44.9 Å². The zero-order chi connectivity index (χ0) is 19.3. The fourth-order valence-corrected chi connectivity index (χ4v) is 2.86. The number of hydrogen-bond donors (Lipinski definition) is 2. The van der Waals surface area contributed by atoms with Gasteiger partial charge in [0.15, 0.2) is 18.1 Å². The van der Waals surface area contributed by atoms with Crippen molar-refractivity contribution in [3.63, 3.8) is 0 Å². The Kier molecular flexibility index (Phi) is 6.43. The molecule has 0 spiro atoms. The Morgan fingerprint density at radius 3 is 2.65 bits per heavy atom. The number of aliphatic carboxylic acids is 1. The molecule has 2 N–H and O–H groups in total. The second kappa shape index (κ2) is 8.55. The van der Waals surface area contributed by atoms with Crippen LogP contribution in [0.3, 0.4) is 0 Å². The number of methoxy groups -OCH3 is 1. The van der Waals surface area contributed by atoms with Crippen molar-refractivity contribution in [3.05, 3.63) is 23.8 Å². The molecule has 1 heterocycles. The summed E-state index contributed by atoms with van der Waals surface area (Å²) in [5, 5.41) is 11.9. The lowest BCUT2D eigenvalue weighted by Crippen LogP contribution is -2.40. The molecule has 1 saturated heterocycles. The average molecular weight is 364 g/mol. The van der Waals surface area contributed by atoms with E-state index in [0.717, 1.165) is 0 Å². The minimum absolute atomic E-state index is 0.00985. The smallest absolute Gasteiger partial charge is 0.326 e. The second-order valence-corrected chi connectivity index (χ2v) is 6.37. The monoisotopic (exact) mass is 364 g/mol.